The van der Waals surface area contributed by atoms with Gasteiger partial charge in [0, 0.05) is 13.5 Å². The van der Waals surface area contributed by atoms with Crippen LogP contribution in [-0.4, -0.2) is 32.8 Å². The van der Waals surface area contributed by atoms with E-state index in [2.05, 4.69) is 5.32 Å². The number of anilines is 1. The molecule has 1 aliphatic rings. The quantitative estimate of drug-likeness (QED) is 0.699. The first-order chi connectivity index (χ1) is 11.6. The second-order valence-electron chi connectivity index (χ2n) is 6.45. The van der Waals surface area contributed by atoms with Crippen LogP contribution in [-0.2, 0) is 9.53 Å². The number of ether oxygens (including phenoxy) is 2. The minimum Gasteiger partial charge on any atom is -0.487 e. The van der Waals surface area contributed by atoms with Crippen molar-refractivity contribution in [1.82, 2.24) is 0 Å². The maximum Gasteiger partial charge on any atom is 0.225 e. The van der Waals surface area contributed by atoms with E-state index >= 15 is 0 Å². The molecule has 0 aromatic heterocycles. The van der Waals surface area contributed by atoms with Gasteiger partial charge in [-0.15, -0.1) is 0 Å². The number of hydrogen-bond donors (Lipinski definition) is 2. The molecule has 1 aliphatic carbocycles. The Morgan fingerprint density at radius 1 is 1.29 bits per heavy atom. The third kappa shape index (κ3) is 5.10. The van der Waals surface area contributed by atoms with Crippen LogP contribution in [0.1, 0.15) is 38.5 Å². The fourth-order valence-corrected chi connectivity index (χ4v) is 3.50. The Balaban J connectivity index is 2.04. The molecule has 0 radical (unpaired) electrons. The third-order valence-corrected chi connectivity index (χ3v) is 4.96. The summed E-state index contributed by atoms with van der Waals surface area (Å²) in [6, 6.07) is 5.32. The Hall–Kier alpha value is -1.30. The van der Waals surface area contributed by atoms with E-state index in [0.29, 0.717) is 42.6 Å². The molecular weight excluding hydrogens is 328 g/mol. The van der Waals surface area contributed by atoms with Crippen LogP contribution >= 0.6 is 11.6 Å². The van der Waals surface area contributed by atoms with Crippen molar-refractivity contribution < 1.29 is 14.3 Å². The fraction of sp³-hybridized carbons (Fsp3) is 0.611. The Morgan fingerprint density at radius 2 is 2.04 bits per heavy atom. The summed E-state index contributed by atoms with van der Waals surface area (Å²) in [6.07, 6.45) is 6.00. The monoisotopic (exact) mass is 354 g/mol. The summed E-state index contributed by atoms with van der Waals surface area (Å²) >= 11 is 6.20. The highest BCUT2D eigenvalue weighted by atomic mass is 35.5. The number of carbonyl (C=O) groups excluding carboxylic acids is 1. The highest BCUT2D eigenvalue weighted by molar-refractivity contribution is 6.32. The molecule has 1 amide bonds. The molecule has 1 saturated carbocycles. The van der Waals surface area contributed by atoms with Gasteiger partial charge in [0.15, 0.2) is 5.75 Å². The van der Waals surface area contributed by atoms with Crippen LogP contribution in [0.15, 0.2) is 18.2 Å². The molecule has 0 unspecified atom stereocenters. The number of para-hydroxylation sites is 1. The van der Waals surface area contributed by atoms with Gasteiger partial charge in [0.1, 0.15) is 6.61 Å². The molecule has 0 bridgehead atoms. The van der Waals surface area contributed by atoms with E-state index in [9.17, 15) is 4.79 Å². The number of rotatable bonds is 8. The van der Waals surface area contributed by atoms with Gasteiger partial charge in [-0.3, -0.25) is 4.79 Å². The summed E-state index contributed by atoms with van der Waals surface area (Å²) in [5.74, 6) is 0.441. The van der Waals surface area contributed by atoms with Crippen LogP contribution in [0.25, 0.3) is 0 Å². The van der Waals surface area contributed by atoms with E-state index in [-0.39, 0.29) is 11.3 Å². The Labute approximate surface area is 148 Å². The zero-order chi connectivity index (χ0) is 17.4. The lowest BCUT2D eigenvalue weighted by molar-refractivity contribution is -0.118. The van der Waals surface area contributed by atoms with Gasteiger partial charge in [0.25, 0.3) is 0 Å². The fourth-order valence-electron chi connectivity index (χ4n) is 3.27. The highest BCUT2D eigenvalue weighted by Crippen LogP contribution is 2.39. The molecule has 1 aromatic rings. The van der Waals surface area contributed by atoms with Crippen molar-refractivity contribution in [3.8, 4) is 5.75 Å². The molecule has 0 aliphatic heterocycles. The molecule has 1 aromatic carbocycles. The van der Waals surface area contributed by atoms with Crippen LogP contribution in [0.3, 0.4) is 0 Å². The first-order valence-electron chi connectivity index (χ1n) is 8.50. The van der Waals surface area contributed by atoms with Crippen LogP contribution in [0.5, 0.6) is 5.75 Å². The average Bonchev–Trinajstić information content (AvgIpc) is 2.58. The summed E-state index contributed by atoms with van der Waals surface area (Å²) in [7, 11) is 1.61. The number of nitrogens with two attached hydrogens (primary N) is 1. The summed E-state index contributed by atoms with van der Waals surface area (Å²) in [6.45, 7) is 1.37. The van der Waals surface area contributed by atoms with Crippen molar-refractivity contribution in [2.75, 3.05) is 32.2 Å². The first-order valence-corrected chi connectivity index (χ1v) is 8.88. The highest BCUT2D eigenvalue weighted by Gasteiger charge is 2.33. The van der Waals surface area contributed by atoms with Gasteiger partial charge in [-0.05, 0) is 36.9 Å². The molecule has 2 rings (SSSR count). The maximum atomic E-state index is 12.5. The number of nitrogens with one attached hydrogen (secondary N) is 1. The Morgan fingerprint density at radius 3 is 2.71 bits per heavy atom. The van der Waals surface area contributed by atoms with E-state index in [1.807, 2.05) is 0 Å². The van der Waals surface area contributed by atoms with Crippen molar-refractivity contribution in [1.29, 1.82) is 0 Å². The van der Waals surface area contributed by atoms with E-state index in [1.165, 1.54) is 6.42 Å². The molecule has 3 N–H and O–H groups in total. The third-order valence-electron chi connectivity index (χ3n) is 4.66. The number of benzene rings is 1. The second kappa shape index (κ2) is 9.25. The predicted octanol–water partition coefficient (Wildman–Crippen LogP) is 3.60. The summed E-state index contributed by atoms with van der Waals surface area (Å²) < 4.78 is 10.6. The van der Waals surface area contributed by atoms with Gasteiger partial charge in [-0.2, -0.15) is 0 Å². The first kappa shape index (κ1) is 19.0. The Bertz CT molecular complexity index is 545. The van der Waals surface area contributed by atoms with Crippen LogP contribution in [0.2, 0.25) is 5.02 Å². The van der Waals surface area contributed by atoms with E-state index in [4.69, 9.17) is 26.8 Å². The molecule has 1 fully saturated rings. The second-order valence-corrected chi connectivity index (χ2v) is 6.85. The number of halogens is 1. The minimum absolute atomic E-state index is 0.0405. The van der Waals surface area contributed by atoms with Crippen molar-refractivity contribution in [2.45, 2.75) is 38.5 Å². The standard InChI is InChI=1S/C18H27ClN2O3/c1-23-10-11-24-17-14(19)6-5-7-15(17)21-16(22)12-18(13-20)8-3-2-4-9-18/h5-7H,2-4,8-13,20H2,1H3,(H,21,22). The maximum absolute atomic E-state index is 12.5. The van der Waals surface area contributed by atoms with Gasteiger partial charge in [-0.25, -0.2) is 0 Å². The molecular formula is C18H27ClN2O3. The van der Waals surface area contributed by atoms with Gasteiger partial charge in [-0.1, -0.05) is 36.9 Å². The van der Waals surface area contributed by atoms with E-state index in [0.717, 1.165) is 25.7 Å². The largest absolute Gasteiger partial charge is 0.487 e. The normalized spacial score (nSPS) is 16.6. The SMILES string of the molecule is COCCOc1c(Cl)cccc1NC(=O)CC1(CN)CCCCC1. The molecule has 5 nitrogen and oxygen atoms in total. The lowest BCUT2D eigenvalue weighted by atomic mass is 9.71. The lowest BCUT2D eigenvalue weighted by Crippen LogP contribution is -2.36. The number of hydrogen-bond acceptors (Lipinski definition) is 4. The Kier molecular flexibility index (Phi) is 7.34. The molecule has 24 heavy (non-hydrogen) atoms. The zero-order valence-electron chi connectivity index (χ0n) is 14.3. The van der Waals surface area contributed by atoms with Gasteiger partial charge in [0.05, 0.1) is 17.3 Å². The summed E-state index contributed by atoms with van der Waals surface area (Å²) in [4.78, 5) is 12.5. The smallest absolute Gasteiger partial charge is 0.225 e. The molecule has 134 valence electrons. The van der Waals surface area contributed by atoms with E-state index in [1.54, 1.807) is 25.3 Å². The minimum atomic E-state index is -0.0714. The van der Waals surface area contributed by atoms with Gasteiger partial charge < -0.3 is 20.5 Å². The van der Waals surface area contributed by atoms with Crippen LogP contribution in [0.4, 0.5) is 5.69 Å². The van der Waals surface area contributed by atoms with E-state index < -0.39 is 0 Å². The van der Waals surface area contributed by atoms with Crippen molar-refractivity contribution >= 4 is 23.2 Å². The van der Waals surface area contributed by atoms with Gasteiger partial charge >= 0.3 is 0 Å². The number of methoxy groups -OCH3 is 1. The van der Waals surface area contributed by atoms with Crippen LogP contribution in [0, 0.1) is 5.41 Å². The summed E-state index contributed by atoms with van der Waals surface area (Å²) in [5, 5.41) is 3.41. The molecule has 0 spiro atoms. The predicted molar refractivity (Wildman–Crippen MR) is 96.6 cm³/mol. The summed E-state index contributed by atoms with van der Waals surface area (Å²) in [5.41, 5.74) is 6.49. The molecule has 0 saturated heterocycles. The lowest BCUT2D eigenvalue weighted by Gasteiger charge is -2.35. The molecule has 0 heterocycles. The van der Waals surface area contributed by atoms with Crippen molar-refractivity contribution in [3.05, 3.63) is 23.2 Å². The topological polar surface area (TPSA) is 73.6 Å². The number of amides is 1. The molecule has 6 heteroatoms. The van der Waals surface area contributed by atoms with Gasteiger partial charge in [0.2, 0.25) is 5.91 Å². The average molecular weight is 355 g/mol. The van der Waals surface area contributed by atoms with Crippen molar-refractivity contribution in [3.63, 3.8) is 0 Å². The van der Waals surface area contributed by atoms with Crippen molar-refractivity contribution in [2.24, 2.45) is 11.1 Å². The molecule has 0 atom stereocenters. The zero-order valence-corrected chi connectivity index (χ0v) is 15.0. The number of carbonyl (C=O) groups is 1. The van der Waals surface area contributed by atoms with Crippen LogP contribution < -0.4 is 15.8 Å².